The lowest BCUT2D eigenvalue weighted by molar-refractivity contribution is -0.385. The zero-order chi connectivity index (χ0) is 15.6. The molecular formula is C14H12BrN3O3. The molecule has 0 bridgehead atoms. The van der Waals surface area contributed by atoms with Crippen molar-refractivity contribution in [3.8, 4) is 11.5 Å². The van der Waals surface area contributed by atoms with Crippen LogP contribution < -0.4 is 10.5 Å². The standard InChI is InChI=1S/C14H12BrN3O3/c1-8-5-6-12(9(7-8)14(16)17)21-13-10(15)3-2-4-11(13)18(19)20/h2-7H,1H3,(H3,16,17). The van der Waals surface area contributed by atoms with E-state index in [0.717, 1.165) is 5.56 Å². The maximum atomic E-state index is 11.1. The number of benzene rings is 2. The summed E-state index contributed by atoms with van der Waals surface area (Å²) in [4.78, 5) is 10.5. The van der Waals surface area contributed by atoms with E-state index in [1.165, 1.54) is 6.07 Å². The summed E-state index contributed by atoms with van der Waals surface area (Å²) in [6.07, 6.45) is 0. The van der Waals surface area contributed by atoms with Gasteiger partial charge in [-0.2, -0.15) is 0 Å². The molecule has 6 nitrogen and oxygen atoms in total. The predicted octanol–water partition coefficient (Wildman–Crippen LogP) is 3.74. The van der Waals surface area contributed by atoms with Crippen LogP contribution in [0.3, 0.4) is 0 Å². The van der Waals surface area contributed by atoms with E-state index in [4.69, 9.17) is 15.9 Å². The number of nitro groups is 1. The maximum Gasteiger partial charge on any atom is 0.312 e. The molecule has 0 unspecified atom stereocenters. The van der Waals surface area contributed by atoms with Crippen molar-refractivity contribution in [2.24, 2.45) is 5.73 Å². The fourth-order valence-electron chi connectivity index (χ4n) is 1.80. The highest BCUT2D eigenvalue weighted by Gasteiger charge is 2.20. The molecule has 0 aliphatic heterocycles. The Morgan fingerprint density at radius 3 is 2.71 bits per heavy atom. The molecule has 3 N–H and O–H groups in total. The molecular weight excluding hydrogens is 338 g/mol. The Labute approximate surface area is 129 Å². The Kier molecular flexibility index (Phi) is 4.23. The van der Waals surface area contributed by atoms with E-state index in [2.05, 4.69) is 15.9 Å². The fraction of sp³-hybridized carbons (Fsp3) is 0.0714. The number of halogens is 1. The van der Waals surface area contributed by atoms with Gasteiger partial charge in [-0.3, -0.25) is 15.5 Å². The van der Waals surface area contributed by atoms with Crippen LogP contribution in [0, 0.1) is 22.4 Å². The molecule has 0 heterocycles. The summed E-state index contributed by atoms with van der Waals surface area (Å²) in [5.41, 5.74) is 6.66. The van der Waals surface area contributed by atoms with Crippen molar-refractivity contribution < 1.29 is 9.66 Å². The number of rotatable bonds is 4. The third-order valence-corrected chi connectivity index (χ3v) is 3.40. The Balaban J connectivity index is 2.53. The summed E-state index contributed by atoms with van der Waals surface area (Å²) in [6.45, 7) is 1.86. The molecule has 0 aliphatic carbocycles. The third kappa shape index (κ3) is 3.19. The third-order valence-electron chi connectivity index (χ3n) is 2.78. The van der Waals surface area contributed by atoms with Crippen molar-refractivity contribution in [1.29, 1.82) is 5.41 Å². The number of ether oxygens (including phenoxy) is 1. The first-order valence-electron chi connectivity index (χ1n) is 5.96. The zero-order valence-corrected chi connectivity index (χ0v) is 12.7. The normalized spacial score (nSPS) is 10.2. The molecule has 7 heteroatoms. The summed E-state index contributed by atoms with van der Waals surface area (Å²) in [6, 6.07) is 9.65. The van der Waals surface area contributed by atoms with Crippen LogP contribution in [0.15, 0.2) is 40.9 Å². The molecule has 0 fully saturated rings. The van der Waals surface area contributed by atoms with E-state index in [-0.39, 0.29) is 17.3 Å². The highest BCUT2D eigenvalue weighted by atomic mass is 79.9. The Morgan fingerprint density at radius 1 is 1.38 bits per heavy atom. The van der Waals surface area contributed by atoms with Crippen LogP contribution in [0.25, 0.3) is 0 Å². The number of nitro benzene ring substituents is 1. The van der Waals surface area contributed by atoms with Gasteiger partial charge in [0.15, 0.2) is 0 Å². The molecule has 2 aromatic rings. The second kappa shape index (κ2) is 5.92. The monoisotopic (exact) mass is 349 g/mol. The van der Waals surface area contributed by atoms with E-state index in [0.29, 0.717) is 15.8 Å². The van der Waals surface area contributed by atoms with Crippen LogP contribution in [0.5, 0.6) is 11.5 Å². The molecule has 0 aromatic heterocycles. The molecule has 0 aliphatic rings. The number of nitrogens with one attached hydrogen (secondary N) is 1. The van der Waals surface area contributed by atoms with Gasteiger partial charge in [-0.05, 0) is 41.1 Å². The second-order valence-electron chi connectivity index (χ2n) is 4.36. The Hall–Kier alpha value is -2.41. The Morgan fingerprint density at radius 2 is 2.10 bits per heavy atom. The average Bonchev–Trinajstić information content (AvgIpc) is 2.42. The first-order chi connectivity index (χ1) is 9.90. The van der Waals surface area contributed by atoms with E-state index in [9.17, 15) is 10.1 Å². The van der Waals surface area contributed by atoms with Crippen molar-refractivity contribution >= 4 is 27.5 Å². The van der Waals surface area contributed by atoms with Crippen LogP contribution in [-0.2, 0) is 0 Å². The lowest BCUT2D eigenvalue weighted by atomic mass is 10.1. The molecule has 2 rings (SSSR count). The van der Waals surface area contributed by atoms with Gasteiger partial charge in [0.1, 0.15) is 11.6 Å². The highest BCUT2D eigenvalue weighted by molar-refractivity contribution is 9.10. The van der Waals surface area contributed by atoms with Gasteiger partial charge in [-0.15, -0.1) is 0 Å². The van der Waals surface area contributed by atoms with Gasteiger partial charge >= 0.3 is 5.69 Å². The number of nitrogens with zero attached hydrogens (tertiary/aromatic N) is 1. The quantitative estimate of drug-likeness (QED) is 0.379. The fourth-order valence-corrected chi connectivity index (χ4v) is 2.23. The van der Waals surface area contributed by atoms with E-state index in [1.54, 1.807) is 30.3 Å². The van der Waals surface area contributed by atoms with Gasteiger partial charge in [0.05, 0.1) is 15.0 Å². The number of nitrogens with two attached hydrogens (primary N) is 1. The molecule has 2 aromatic carbocycles. The summed E-state index contributed by atoms with van der Waals surface area (Å²) in [7, 11) is 0. The molecule has 0 spiro atoms. The minimum Gasteiger partial charge on any atom is -0.448 e. The first-order valence-corrected chi connectivity index (χ1v) is 6.75. The van der Waals surface area contributed by atoms with Gasteiger partial charge < -0.3 is 10.5 Å². The number of para-hydroxylation sites is 1. The van der Waals surface area contributed by atoms with Crippen molar-refractivity contribution in [3.05, 3.63) is 62.1 Å². The van der Waals surface area contributed by atoms with Crippen LogP contribution >= 0.6 is 15.9 Å². The highest BCUT2D eigenvalue weighted by Crippen LogP contribution is 2.38. The SMILES string of the molecule is Cc1ccc(Oc2c(Br)cccc2[N+](=O)[O-])c(C(=N)N)c1. The van der Waals surface area contributed by atoms with Crippen LogP contribution in [0.1, 0.15) is 11.1 Å². The number of hydrogen-bond donors (Lipinski definition) is 2. The molecule has 0 radical (unpaired) electrons. The van der Waals surface area contributed by atoms with Gasteiger partial charge in [-0.1, -0.05) is 17.7 Å². The van der Waals surface area contributed by atoms with Crippen LogP contribution in [0.2, 0.25) is 0 Å². The van der Waals surface area contributed by atoms with Crippen molar-refractivity contribution in [1.82, 2.24) is 0 Å². The zero-order valence-electron chi connectivity index (χ0n) is 11.1. The number of aryl methyl sites for hydroxylation is 1. The first kappa shape index (κ1) is 15.0. The molecule has 0 amide bonds. The second-order valence-corrected chi connectivity index (χ2v) is 5.21. The van der Waals surface area contributed by atoms with Gasteiger partial charge in [0.25, 0.3) is 0 Å². The summed E-state index contributed by atoms with van der Waals surface area (Å²) in [5.74, 6) is 0.209. The molecule has 0 saturated heterocycles. The number of nitrogen functional groups attached to an aromatic ring is 1. The summed E-state index contributed by atoms with van der Waals surface area (Å²) in [5, 5.41) is 18.7. The average molecular weight is 350 g/mol. The Bertz CT molecular complexity index is 731. The van der Waals surface area contributed by atoms with Crippen LogP contribution in [-0.4, -0.2) is 10.8 Å². The largest absolute Gasteiger partial charge is 0.448 e. The smallest absolute Gasteiger partial charge is 0.312 e. The van der Waals surface area contributed by atoms with Gasteiger partial charge in [0, 0.05) is 6.07 Å². The topological polar surface area (TPSA) is 102 Å². The van der Waals surface area contributed by atoms with Crippen molar-refractivity contribution in [3.63, 3.8) is 0 Å². The molecule has 0 saturated carbocycles. The van der Waals surface area contributed by atoms with Crippen molar-refractivity contribution in [2.75, 3.05) is 0 Å². The summed E-state index contributed by atoms with van der Waals surface area (Å²) < 4.78 is 6.09. The van der Waals surface area contributed by atoms with E-state index >= 15 is 0 Å². The minimum absolute atomic E-state index is 0.0776. The van der Waals surface area contributed by atoms with Crippen LogP contribution in [0.4, 0.5) is 5.69 Å². The number of amidine groups is 1. The van der Waals surface area contributed by atoms with E-state index < -0.39 is 4.92 Å². The predicted molar refractivity (Wildman–Crippen MR) is 83.1 cm³/mol. The summed E-state index contributed by atoms with van der Waals surface area (Å²) >= 11 is 3.23. The maximum absolute atomic E-state index is 11.1. The molecule has 0 atom stereocenters. The van der Waals surface area contributed by atoms with E-state index in [1.807, 2.05) is 6.92 Å². The number of hydrogen-bond acceptors (Lipinski definition) is 4. The molecule has 108 valence electrons. The lowest BCUT2D eigenvalue weighted by Crippen LogP contribution is -2.12. The van der Waals surface area contributed by atoms with Crippen molar-refractivity contribution in [2.45, 2.75) is 6.92 Å². The minimum atomic E-state index is -0.526. The van der Waals surface area contributed by atoms with Gasteiger partial charge in [0.2, 0.25) is 5.75 Å². The molecule has 21 heavy (non-hydrogen) atoms. The van der Waals surface area contributed by atoms with Gasteiger partial charge in [-0.25, -0.2) is 0 Å². The lowest BCUT2D eigenvalue weighted by Gasteiger charge is -2.12.